The van der Waals surface area contributed by atoms with E-state index in [1.165, 1.54) is 13.8 Å². The summed E-state index contributed by atoms with van der Waals surface area (Å²) in [5.41, 5.74) is 0.392. The molecule has 1 rings (SSSR count). The number of aryl methyl sites for hydroxylation is 2. The number of hydrogen-bond acceptors (Lipinski definition) is 6. The van der Waals surface area contributed by atoms with Crippen LogP contribution in [-0.4, -0.2) is 31.7 Å². The number of rotatable bonds is 4. The standard InChI is InChI=1S/C14H14N2O4/c1-5-9(17)13(19)11-7(3)16-12(8(4)15-11)14(20)10(18)6-2/h5-6,19-20H,1-2H2,3-4H3. The van der Waals surface area contributed by atoms with Gasteiger partial charge in [-0.3, -0.25) is 9.59 Å². The minimum absolute atomic E-state index is 0.0185. The van der Waals surface area contributed by atoms with E-state index in [9.17, 15) is 19.8 Å². The summed E-state index contributed by atoms with van der Waals surface area (Å²) in [4.78, 5) is 30.7. The Morgan fingerprint density at radius 3 is 1.45 bits per heavy atom. The summed E-state index contributed by atoms with van der Waals surface area (Å²) in [6, 6.07) is 0. The predicted octanol–water partition coefficient (Wildman–Crippen LogP) is -0.0640. The van der Waals surface area contributed by atoms with Crippen LogP contribution in [0.3, 0.4) is 0 Å². The van der Waals surface area contributed by atoms with Crippen LogP contribution in [0, 0.1) is 13.8 Å². The highest BCUT2D eigenvalue weighted by molar-refractivity contribution is 6.18. The molecule has 0 atom stereocenters. The van der Waals surface area contributed by atoms with Crippen LogP contribution in [-0.2, 0) is 9.59 Å². The fourth-order valence-corrected chi connectivity index (χ4v) is 1.48. The molecule has 0 saturated carbocycles. The zero-order valence-electron chi connectivity index (χ0n) is 11.2. The summed E-state index contributed by atoms with van der Waals surface area (Å²) in [7, 11) is 0. The summed E-state index contributed by atoms with van der Waals surface area (Å²) < 4.78 is 0. The second kappa shape index (κ2) is 5.92. The SMILES string of the molecule is C=CC(=O)C(O)=c1nc(C)c(=C(O)C(=O)C=C)nc1C. The van der Waals surface area contributed by atoms with Crippen molar-refractivity contribution in [2.45, 2.75) is 13.8 Å². The van der Waals surface area contributed by atoms with Crippen molar-refractivity contribution in [1.82, 2.24) is 9.97 Å². The molecule has 0 amide bonds. The highest BCUT2D eigenvalue weighted by Gasteiger charge is 2.12. The Labute approximate surface area is 115 Å². The molecule has 6 nitrogen and oxygen atoms in total. The van der Waals surface area contributed by atoms with Crippen LogP contribution >= 0.6 is 0 Å². The average molecular weight is 274 g/mol. The number of carbonyl (C=O) groups excluding carboxylic acids is 2. The lowest BCUT2D eigenvalue weighted by Crippen LogP contribution is -2.31. The van der Waals surface area contributed by atoms with Crippen molar-refractivity contribution in [3.63, 3.8) is 0 Å². The molecule has 104 valence electrons. The topological polar surface area (TPSA) is 100 Å². The summed E-state index contributed by atoms with van der Waals surface area (Å²) in [6.45, 7) is 9.50. The molecular weight excluding hydrogens is 260 g/mol. The van der Waals surface area contributed by atoms with Gasteiger partial charge in [-0.15, -0.1) is 0 Å². The maximum atomic E-state index is 11.4. The first kappa shape index (κ1) is 15.3. The molecule has 20 heavy (non-hydrogen) atoms. The number of hydrogen-bond donors (Lipinski definition) is 2. The lowest BCUT2D eigenvalue weighted by molar-refractivity contribution is -0.111. The van der Waals surface area contributed by atoms with E-state index < -0.39 is 23.1 Å². The number of aromatic nitrogens is 2. The number of aliphatic hydroxyl groups excluding tert-OH is 2. The van der Waals surface area contributed by atoms with Crippen molar-refractivity contribution in [3.8, 4) is 0 Å². The molecule has 1 aromatic rings. The van der Waals surface area contributed by atoms with E-state index >= 15 is 0 Å². The third kappa shape index (κ3) is 2.80. The molecule has 1 heterocycles. The maximum absolute atomic E-state index is 11.4. The number of ketones is 2. The zero-order valence-corrected chi connectivity index (χ0v) is 11.2. The molecule has 0 saturated heterocycles. The van der Waals surface area contributed by atoms with Crippen molar-refractivity contribution in [2.24, 2.45) is 0 Å². The van der Waals surface area contributed by atoms with Gasteiger partial charge in [-0.2, -0.15) is 0 Å². The number of nitrogens with zero attached hydrogens (tertiary/aromatic N) is 2. The molecule has 0 aliphatic carbocycles. The predicted molar refractivity (Wildman–Crippen MR) is 73.2 cm³/mol. The van der Waals surface area contributed by atoms with E-state index in [0.717, 1.165) is 12.2 Å². The van der Waals surface area contributed by atoms with Crippen molar-refractivity contribution in [3.05, 3.63) is 47.4 Å². The van der Waals surface area contributed by atoms with E-state index in [0.29, 0.717) is 0 Å². The minimum Gasteiger partial charge on any atom is -0.503 e. The monoisotopic (exact) mass is 274 g/mol. The molecular formula is C14H14N2O4. The quantitative estimate of drug-likeness (QED) is 0.746. The second-order valence-electron chi connectivity index (χ2n) is 3.93. The Bertz CT molecular complexity index is 669. The molecule has 0 fully saturated rings. The van der Waals surface area contributed by atoms with Gasteiger partial charge >= 0.3 is 0 Å². The van der Waals surface area contributed by atoms with Crippen LogP contribution in [0.25, 0.3) is 11.5 Å². The van der Waals surface area contributed by atoms with E-state index in [1.807, 2.05) is 0 Å². The van der Waals surface area contributed by atoms with Crippen LogP contribution in [0.5, 0.6) is 0 Å². The number of carbonyl (C=O) groups is 2. The van der Waals surface area contributed by atoms with Gasteiger partial charge in [0.1, 0.15) is 10.7 Å². The lowest BCUT2D eigenvalue weighted by Gasteiger charge is -2.02. The van der Waals surface area contributed by atoms with Crippen molar-refractivity contribution in [2.75, 3.05) is 0 Å². The molecule has 0 bridgehead atoms. The van der Waals surface area contributed by atoms with Crippen LogP contribution in [0.1, 0.15) is 11.4 Å². The van der Waals surface area contributed by atoms with Gasteiger partial charge < -0.3 is 10.2 Å². The molecule has 0 aromatic carbocycles. The Morgan fingerprint density at radius 2 is 1.20 bits per heavy atom. The fourth-order valence-electron chi connectivity index (χ4n) is 1.48. The van der Waals surface area contributed by atoms with Crippen LogP contribution in [0.4, 0.5) is 0 Å². The van der Waals surface area contributed by atoms with E-state index in [-0.39, 0.29) is 22.1 Å². The minimum atomic E-state index is -0.690. The van der Waals surface area contributed by atoms with Crippen LogP contribution in [0.2, 0.25) is 0 Å². The summed E-state index contributed by atoms with van der Waals surface area (Å²) in [5, 5.41) is 19.4. The van der Waals surface area contributed by atoms with E-state index in [2.05, 4.69) is 23.1 Å². The first-order valence-corrected chi connectivity index (χ1v) is 5.64. The maximum Gasteiger partial charge on any atom is 0.221 e. The van der Waals surface area contributed by atoms with Gasteiger partial charge in [-0.1, -0.05) is 13.2 Å². The molecule has 6 heteroatoms. The largest absolute Gasteiger partial charge is 0.503 e. The van der Waals surface area contributed by atoms with Gasteiger partial charge in [-0.05, 0) is 26.0 Å². The summed E-state index contributed by atoms with van der Waals surface area (Å²) in [5.74, 6) is -2.56. The van der Waals surface area contributed by atoms with Crippen molar-refractivity contribution in [1.29, 1.82) is 0 Å². The molecule has 1 aromatic heterocycles. The first-order valence-electron chi connectivity index (χ1n) is 5.64. The van der Waals surface area contributed by atoms with E-state index in [1.54, 1.807) is 0 Å². The highest BCUT2D eigenvalue weighted by atomic mass is 16.3. The van der Waals surface area contributed by atoms with Crippen molar-refractivity contribution < 1.29 is 19.8 Å². The van der Waals surface area contributed by atoms with E-state index in [4.69, 9.17) is 0 Å². The van der Waals surface area contributed by atoms with Gasteiger partial charge in [0.2, 0.25) is 11.6 Å². The first-order chi connectivity index (χ1) is 9.33. The highest BCUT2D eigenvalue weighted by Crippen LogP contribution is 1.94. The Hall–Kier alpha value is -2.76. The summed E-state index contributed by atoms with van der Waals surface area (Å²) in [6.07, 6.45) is 1.90. The molecule has 2 N–H and O–H groups in total. The Balaban J connectivity index is 3.77. The zero-order chi connectivity index (χ0) is 15.4. The van der Waals surface area contributed by atoms with Crippen LogP contribution < -0.4 is 10.7 Å². The van der Waals surface area contributed by atoms with Gasteiger partial charge in [-0.25, -0.2) is 9.97 Å². The molecule has 0 unspecified atom stereocenters. The van der Waals surface area contributed by atoms with Gasteiger partial charge in [0, 0.05) is 0 Å². The van der Waals surface area contributed by atoms with Gasteiger partial charge in [0.05, 0.1) is 11.4 Å². The third-order valence-corrected chi connectivity index (χ3v) is 2.53. The summed E-state index contributed by atoms with van der Waals surface area (Å²) >= 11 is 0. The van der Waals surface area contributed by atoms with Gasteiger partial charge in [0.25, 0.3) is 0 Å². The Morgan fingerprint density at radius 1 is 0.900 bits per heavy atom. The molecule has 0 radical (unpaired) electrons. The third-order valence-electron chi connectivity index (χ3n) is 2.53. The van der Waals surface area contributed by atoms with Gasteiger partial charge in [0.15, 0.2) is 11.5 Å². The molecule has 0 aliphatic heterocycles. The van der Waals surface area contributed by atoms with Crippen LogP contribution in [0.15, 0.2) is 25.3 Å². The fraction of sp³-hybridized carbons (Fsp3) is 0.143. The molecule has 0 aliphatic rings. The van der Waals surface area contributed by atoms with Crippen molar-refractivity contribution >= 4 is 23.1 Å². The smallest absolute Gasteiger partial charge is 0.221 e. The average Bonchev–Trinajstić information content (AvgIpc) is 2.45. The second-order valence-corrected chi connectivity index (χ2v) is 3.93. The Kier molecular flexibility index (Phi) is 4.53. The number of aliphatic hydroxyl groups is 2. The molecule has 0 spiro atoms. The normalized spacial score (nSPS) is 13.3. The lowest BCUT2D eigenvalue weighted by atomic mass is 10.2.